The van der Waals surface area contributed by atoms with Crippen LogP contribution < -0.4 is 0 Å². The quantitative estimate of drug-likeness (QED) is 0.314. The first-order valence-electron chi connectivity index (χ1n) is 7.83. The first-order chi connectivity index (χ1) is 9.41. The van der Waals surface area contributed by atoms with Gasteiger partial charge in [-0.3, -0.25) is 0 Å². The van der Waals surface area contributed by atoms with E-state index >= 15 is 0 Å². The van der Waals surface area contributed by atoms with E-state index in [1.807, 2.05) is 0 Å². The van der Waals surface area contributed by atoms with E-state index in [9.17, 15) is 0 Å². The summed E-state index contributed by atoms with van der Waals surface area (Å²) < 4.78 is 0. The predicted octanol–water partition coefficient (Wildman–Crippen LogP) is 6.97. The highest BCUT2D eigenvalue weighted by molar-refractivity contribution is 5.11. The second-order valence-electron chi connectivity index (χ2n) is 6.18. The van der Waals surface area contributed by atoms with Gasteiger partial charge in [0.25, 0.3) is 0 Å². The van der Waals surface area contributed by atoms with Crippen LogP contribution in [0.25, 0.3) is 0 Å². The third-order valence-corrected chi connectivity index (χ3v) is 3.19. The lowest BCUT2D eigenvalue weighted by Crippen LogP contribution is -1.81. The molecule has 0 rings (SSSR count). The lowest BCUT2D eigenvalue weighted by atomic mass is 10.1. The van der Waals surface area contributed by atoms with Gasteiger partial charge < -0.3 is 0 Å². The van der Waals surface area contributed by atoms with Crippen molar-refractivity contribution in [3.63, 3.8) is 0 Å². The largest absolute Gasteiger partial charge is 0.0856 e. The highest BCUT2D eigenvalue weighted by Gasteiger charge is 1.92. The van der Waals surface area contributed by atoms with Gasteiger partial charge in [-0.1, -0.05) is 46.6 Å². The molecule has 0 aliphatic heterocycles. The normalized spacial score (nSPS) is 12.3. The molecule has 0 saturated carbocycles. The topological polar surface area (TPSA) is 0 Å². The minimum absolute atomic E-state index is 1.05. The molecule has 0 heterocycles. The second kappa shape index (κ2) is 11.8. The zero-order valence-electron chi connectivity index (χ0n) is 14.4. The van der Waals surface area contributed by atoms with Crippen molar-refractivity contribution >= 4 is 0 Å². The summed E-state index contributed by atoms with van der Waals surface area (Å²) in [5, 5.41) is 0. The Morgan fingerprint density at radius 1 is 0.650 bits per heavy atom. The van der Waals surface area contributed by atoms with Crippen molar-refractivity contribution < 1.29 is 0 Å². The molecule has 0 heteroatoms. The highest BCUT2D eigenvalue weighted by Crippen LogP contribution is 2.12. The molecular formula is C20H33. The van der Waals surface area contributed by atoms with E-state index in [0.29, 0.717) is 0 Å². The molecule has 0 aromatic carbocycles. The molecule has 0 aromatic rings. The second-order valence-corrected chi connectivity index (χ2v) is 6.18. The molecule has 0 aliphatic carbocycles. The van der Waals surface area contributed by atoms with E-state index in [2.05, 4.69) is 72.3 Å². The number of allylic oxidation sites excluding steroid dienone is 8. The van der Waals surface area contributed by atoms with Crippen molar-refractivity contribution in [1.29, 1.82) is 0 Å². The Bertz CT molecular complexity index is 367. The number of hydrogen-bond donors (Lipinski definition) is 0. The average Bonchev–Trinajstić information content (AvgIpc) is 2.34. The van der Waals surface area contributed by atoms with Gasteiger partial charge in [0, 0.05) is 0 Å². The Morgan fingerprint density at radius 2 is 1.20 bits per heavy atom. The molecule has 20 heavy (non-hydrogen) atoms. The molecule has 0 saturated heterocycles. The SMILES string of the molecule is CC(C)=CC[CH]C=C(C)CCC=C(C)CCC=C(C)C. The lowest BCUT2D eigenvalue weighted by molar-refractivity contribution is 0.917. The van der Waals surface area contributed by atoms with Crippen LogP contribution in [0.4, 0.5) is 0 Å². The van der Waals surface area contributed by atoms with Crippen LogP contribution in [0.15, 0.2) is 46.6 Å². The maximum atomic E-state index is 2.40. The van der Waals surface area contributed by atoms with Crippen LogP contribution in [0.1, 0.15) is 73.6 Å². The summed E-state index contributed by atoms with van der Waals surface area (Å²) in [4.78, 5) is 0. The van der Waals surface area contributed by atoms with Crippen molar-refractivity contribution in [1.82, 2.24) is 0 Å². The molecule has 0 unspecified atom stereocenters. The Kier molecular flexibility index (Phi) is 11.1. The molecule has 0 amide bonds. The number of rotatable bonds is 9. The van der Waals surface area contributed by atoms with E-state index < -0.39 is 0 Å². The molecule has 1 radical (unpaired) electrons. The lowest BCUT2D eigenvalue weighted by Gasteiger charge is -2.01. The smallest absolute Gasteiger partial charge is 0.0130 e. The molecular weight excluding hydrogens is 240 g/mol. The summed E-state index contributed by atoms with van der Waals surface area (Å²) in [6.45, 7) is 13.1. The molecule has 0 aliphatic rings. The van der Waals surface area contributed by atoms with Crippen LogP contribution in [-0.4, -0.2) is 0 Å². The van der Waals surface area contributed by atoms with Gasteiger partial charge in [-0.2, -0.15) is 0 Å². The van der Waals surface area contributed by atoms with Crippen molar-refractivity contribution in [3.8, 4) is 0 Å². The fourth-order valence-electron chi connectivity index (χ4n) is 1.89. The summed E-state index contributed by atoms with van der Waals surface area (Å²) in [5.41, 5.74) is 5.80. The molecule has 113 valence electrons. The average molecular weight is 273 g/mol. The summed E-state index contributed by atoms with van der Waals surface area (Å²) in [7, 11) is 0. The van der Waals surface area contributed by atoms with Crippen molar-refractivity contribution in [2.75, 3.05) is 0 Å². The maximum absolute atomic E-state index is 2.40. The highest BCUT2D eigenvalue weighted by atomic mass is 14.0. The third-order valence-electron chi connectivity index (χ3n) is 3.19. The van der Waals surface area contributed by atoms with Gasteiger partial charge in [0.1, 0.15) is 0 Å². The van der Waals surface area contributed by atoms with Crippen LogP contribution in [0.5, 0.6) is 0 Å². The first-order valence-corrected chi connectivity index (χ1v) is 7.83. The van der Waals surface area contributed by atoms with Crippen molar-refractivity contribution in [2.24, 2.45) is 0 Å². The van der Waals surface area contributed by atoms with Crippen molar-refractivity contribution in [3.05, 3.63) is 53.0 Å². The summed E-state index contributed by atoms with van der Waals surface area (Å²) in [6, 6.07) is 0. The zero-order chi connectivity index (χ0) is 15.4. The monoisotopic (exact) mass is 273 g/mol. The van der Waals surface area contributed by atoms with Crippen LogP contribution in [0, 0.1) is 6.42 Å². The third kappa shape index (κ3) is 13.4. The van der Waals surface area contributed by atoms with E-state index in [1.54, 1.807) is 0 Å². The fourth-order valence-corrected chi connectivity index (χ4v) is 1.89. The Morgan fingerprint density at radius 3 is 1.80 bits per heavy atom. The van der Waals surface area contributed by atoms with Crippen molar-refractivity contribution in [2.45, 2.75) is 73.6 Å². The molecule has 0 N–H and O–H groups in total. The zero-order valence-corrected chi connectivity index (χ0v) is 14.4. The molecule has 0 spiro atoms. The molecule has 0 nitrogen and oxygen atoms in total. The Balaban J connectivity index is 3.88. The first kappa shape index (κ1) is 19.0. The van der Waals surface area contributed by atoms with Gasteiger partial charge in [-0.25, -0.2) is 0 Å². The van der Waals surface area contributed by atoms with E-state index in [4.69, 9.17) is 0 Å². The standard InChI is InChI=1S/C20H33/c1-17(2)11-7-8-13-19(5)15-10-16-20(6)14-9-12-18(3)4/h8,11-13,16H,7,9-10,14-15H2,1-6H3. The van der Waals surface area contributed by atoms with Gasteiger partial charge in [-0.05, 0) is 80.1 Å². The van der Waals surface area contributed by atoms with Crippen LogP contribution in [-0.2, 0) is 0 Å². The van der Waals surface area contributed by atoms with E-state index in [-0.39, 0.29) is 0 Å². The number of unbranched alkanes of at least 4 members (excludes halogenated alkanes) is 1. The minimum Gasteiger partial charge on any atom is -0.0856 e. The summed E-state index contributed by atoms with van der Waals surface area (Å²) in [5.74, 6) is 0. The molecule has 0 fully saturated rings. The molecule has 0 aromatic heterocycles. The molecule has 0 atom stereocenters. The van der Waals surface area contributed by atoms with Gasteiger partial charge >= 0.3 is 0 Å². The predicted molar refractivity (Wildman–Crippen MR) is 93.8 cm³/mol. The summed E-state index contributed by atoms with van der Waals surface area (Å²) in [6.07, 6.45) is 17.3. The Labute approximate surface area is 127 Å². The maximum Gasteiger partial charge on any atom is -0.0130 e. The Hall–Kier alpha value is -1.04. The van der Waals surface area contributed by atoms with Gasteiger partial charge in [0.05, 0.1) is 0 Å². The van der Waals surface area contributed by atoms with Crippen LogP contribution in [0.2, 0.25) is 0 Å². The van der Waals surface area contributed by atoms with E-state index in [1.165, 1.54) is 48.0 Å². The number of hydrogen-bond acceptors (Lipinski definition) is 0. The van der Waals surface area contributed by atoms with Crippen LogP contribution in [0.3, 0.4) is 0 Å². The van der Waals surface area contributed by atoms with Gasteiger partial charge in [0.2, 0.25) is 0 Å². The van der Waals surface area contributed by atoms with Crippen LogP contribution >= 0.6 is 0 Å². The summed E-state index contributed by atoms with van der Waals surface area (Å²) >= 11 is 0. The fraction of sp³-hybridized carbons (Fsp3) is 0.550. The minimum atomic E-state index is 1.05. The molecule has 0 bridgehead atoms. The van der Waals surface area contributed by atoms with Gasteiger partial charge in [-0.15, -0.1) is 0 Å². The van der Waals surface area contributed by atoms with Gasteiger partial charge in [0.15, 0.2) is 0 Å². The van der Waals surface area contributed by atoms with E-state index in [0.717, 1.165) is 6.42 Å².